The van der Waals surface area contributed by atoms with Gasteiger partial charge in [0.1, 0.15) is 0 Å². The largest absolute Gasteiger partial charge is 0.326 e. The SMILES string of the molecule is CCCC1CCC(NS(=O)(=O)c2n[nH]c(C)c2CN)CC1. The van der Waals surface area contributed by atoms with E-state index in [1.54, 1.807) is 6.92 Å². The van der Waals surface area contributed by atoms with E-state index in [0.29, 0.717) is 11.3 Å². The summed E-state index contributed by atoms with van der Waals surface area (Å²) in [4.78, 5) is 0. The molecule has 1 aliphatic rings. The molecule has 120 valence electrons. The summed E-state index contributed by atoms with van der Waals surface area (Å²) in [5.74, 6) is 0.753. The lowest BCUT2D eigenvalue weighted by molar-refractivity contribution is 0.297. The number of hydrogen-bond acceptors (Lipinski definition) is 4. The quantitative estimate of drug-likeness (QED) is 0.745. The zero-order valence-corrected chi connectivity index (χ0v) is 13.7. The van der Waals surface area contributed by atoms with E-state index in [-0.39, 0.29) is 17.6 Å². The molecule has 0 atom stereocenters. The van der Waals surface area contributed by atoms with Gasteiger partial charge in [0.25, 0.3) is 10.0 Å². The maximum Gasteiger partial charge on any atom is 0.260 e. The van der Waals surface area contributed by atoms with Crippen molar-refractivity contribution in [3.63, 3.8) is 0 Å². The molecule has 0 aromatic carbocycles. The highest BCUT2D eigenvalue weighted by Crippen LogP contribution is 2.28. The number of nitrogens with one attached hydrogen (secondary N) is 2. The van der Waals surface area contributed by atoms with Gasteiger partial charge in [-0.1, -0.05) is 19.8 Å². The monoisotopic (exact) mass is 314 g/mol. The first kappa shape index (κ1) is 16.5. The Labute approximate surface area is 126 Å². The molecule has 1 aliphatic carbocycles. The summed E-state index contributed by atoms with van der Waals surface area (Å²) in [7, 11) is -3.58. The Bertz CT molecular complexity index is 560. The minimum atomic E-state index is -3.58. The highest BCUT2D eigenvalue weighted by atomic mass is 32.2. The van der Waals surface area contributed by atoms with Crippen molar-refractivity contribution >= 4 is 10.0 Å². The third-order valence-corrected chi connectivity index (χ3v) is 5.85. The average molecular weight is 314 g/mol. The molecule has 21 heavy (non-hydrogen) atoms. The second-order valence-corrected chi connectivity index (χ2v) is 7.59. The molecule has 0 radical (unpaired) electrons. The number of sulfonamides is 1. The van der Waals surface area contributed by atoms with Gasteiger partial charge in [0.15, 0.2) is 5.03 Å². The number of nitrogens with two attached hydrogens (primary N) is 1. The number of nitrogens with zero attached hydrogens (tertiary/aromatic N) is 1. The van der Waals surface area contributed by atoms with E-state index >= 15 is 0 Å². The maximum atomic E-state index is 12.5. The zero-order chi connectivity index (χ0) is 15.5. The van der Waals surface area contributed by atoms with E-state index in [1.165, 1.54) is 12.8 Å². The Kier molecular flexibility index (Phi) is 5.40. The summed E-state index contributed by atoms with van der Waals surface area (Å²) < 4.78 is 27.7. The Hall–Kier alpha value is -0.920. The summed E-state index contributed by atoms with van der Waals surface area (Å²) in [6.45, 7) is 4.15. The van der Waals surface area contributed by atoms with Gasteiger partial charge in [0, 0.05) is 23.8 Å². The highest BCUT2D eigenvalue weighted by Gasteiger charge is 2.28. The molecule has 0 saturated heterocycles. The Morgan fingerprint density at radius 2 is 2.00 bits per heavy atom. The molecule has 0 bridgehead atoms. The average Bonchev–Trinajstić information content (AvgIpc) is 2.83. The van der Waals surface area contributed by atoms with Crippen LogP contribution in [0.25, 0.3) is 0 Å². The van der Waals surface area contributed by atoms with Gasteiger partial charge in [-0.15, -0.1) is 0 Å². The molecule has 1 fully saturated rings. The fourth-order valence-electron chi connectivity index (χ4n) is 3.15. The van der Waals surface area contributed by atoms with Crippen LogP contribution >= 0.6 is 0 Å². The minimum Gasteiger partial charge on any atom is -0.326 e. The second kappa shape index (κ2) is 6.89. The summed E-state index contributed by atoms with van der Waals surface area (Å²) in [5.41, 5.74) is 6.91. The second-order valence-electron chi connectivity index (χ2n) is 5.96. The summed E-state index contributed by atoms with van der Waals surface area (Å²) in [6, 6.07) is 0.0192. The highest BCUT2D eigenvalue weighted by molar-refractivity contribution is 7.89. The molecule has 0 aliphatic heterocycles. The molecule has 2 rings (SSSR count). The molecule has 1 heterocycles. The van der Waals surface area contributed by atoms with Crippen molar-refractivity contribution in [2.45, 2.75) is 70.0 Å². The Morgan fingerprint density at radius 1 is 1.33 bits per heavy atom. The van der Waals surface area contributed by atoms with E-state index in [1.807, 2.05) is 0 Å². The number of aromatic amines is 1. The van der Waals surface area contributed by atoms with E-state index in [4.69, 9.17) is 5.73 Å². The summed E-state index contributed by atoms with van der Waals surface area (Å²) >= 11 is 0. The third kappa shape index (κ3) is 3.84. The van der Waals surface area contributed by atoms with Gasteiger partial charge in [-0.3, -0.25) is 5.10 Å². The molecule has 0 spiro atoms. The van der Waals surface area contributed by atoms with Crippen LogP contribution < -0.4 is 10.5 Å². The molecule has 1 aromatic heterocycles. The zero-order valence-electron chi connectivity index (χ0n) is 12.9. The number of aromatic nitrogens is 2. The third-order valence-electron chi connectivity index (χ3n) is 4.36. The lowest BCUT2D eigenvalue weighted by atomic mass is 9.84. The summed E-state index contributed by atoms with van der Waals surface area (Å²) in [5, 5.41) is 6.67. The van der Waals surface area contributed by atoms with Gasteiger partial charge >= 0.3 is 0 Å². The minimum absolute atomic E-state index is 0.0192. The first-order valence-electron chi connectivity index (χ1n) is 7.74. The molecule has 4 N–H and O–H groups in total. The van der Waals surface area contributed by atoms with Gasteiger partial charge in [-0.2, -0.15) is 5.10 Å². The maximum absolute atomic E-state index is 12.5. The normalized spacial score (nSPS) is 23.4. The Balaban J connectivity index is 2.02. The molecule has 0 amide bonds. The van der Waals surface area contributed by atoms with Crippen LogP contribution in [0.1, 0.15) is 56.7 Å². The molecule has 1 saturated carbocycles. The van der Waals surface area contributed by atoms with Crippen LogP contribution in [-0.2, 0) is 16.6 Å². The van der Waals surface area contributed by atoms with Crippen molar-refractivity contribution in [3.05, 3.63) is 11.3 Å². The predicted molar refractivity (Wildman–Crippen MR) is 82.2 cm³/mol. The molecule has 0 unspecified atom stereocenters. The number of rotatable bonds is 6. The standard InChI is InChI=1S/C14H26N4O2S/c1-3-4-11-5-7-12(8-6-11)18-21(19,20)14-13(9-15)10(2)16-17-14/h11-12,18H,3-9,15H2,1-2H3,(H,16,17). The van der Waals surface area contributed by atoms with E-state index in [9.17, 15) is 8.42 Å². The molecule has 6 nitrogen and oxygen atoms in total. The van der Waals surface area contributed by atoms with Crippen molar-refractivity contribution in [2.24, 2.45) is 11.7 Å². The van der Waals surface area contributed by atoms with E-state index in [0.717, 1.165) is 31.6 Å². The molecule has 7 heteroatoms. The predicted octanol–water partition coefficient (Wildman–Crippen LogP) is 1.81. The van der Waals surface area contributed by atoms with E-state index < -0.39 is 10.0 Å². The van der Waals surface area contributed by atoms with Crippen LogP contribution in [0.15, 0.2) is 5.03 Å². The van der Waals surface area contributed by atoms with Crippen molar-refractivity contribution in [1.29, 1.82) is 0 Å². The lowest BCUT2D eigenvalue weighted by Crippen LogP contribution is -2.38. The molecule has 1 aromatic rings. The fourth-order valence-corrected chi connectivity index (χ4v) is 4.66. The van der Waals surface area contributed by atoms with Crippen LogP contribution in [-0.4, -0.2) is 24.7 Å². The van der Waals surface area contributed by atoms with Gasteiger partial charge < -0.3 is 5.73 Å². The van der Waals surface area contributed by atoms with Crippen molar-refractivity contribution < 1.29 is 8.42 Å². The first-order valence-corrected chi connectivity index (χ1v) is 9.22. The van der Waals surface area contributed by atoms with Crippen molar-refractivity contribution in [2.75, 3.05) is 0 Å². The fraction of sp³-hybridized carbons (Fsp3) is 0.786. The van der Waals surface area contributed by atoms with Crippen LogP contribution in [0.3, 0.4) is 0 Å². The van der Waals surface area contributed by atoms with Crippen molar-refractivity contribution in [3.8, 4) is 0 Å². The number of H-pyrrole nitrogens is 1. The van der Waals surface area contributed by atoms with Crippen LogP contribution in [0.5, 0.6) is 0 Å². The number of hydrogen-bond donors (Lipinski definition) is 3. The van der Waals surface area contributed by atoms with Gasteiger partial charge in [0.05, 0.1) is 0 Å². The van der Waals surface area contributed by atoms with Gasteiger partial charge in [0.2, 0.25) is 0 Å². The topological polar surface area (TPSA) is 101 Å². The molecular weight excluding hydrogens is 288 g/mol. The van der Waals surface area contributed by atoms with Crippen LogP contribution in [0, 0.1) is 12.8 Å². The van der Waals surface area contributed by atoms with Crippen LogP contribution in [0.4, 0.5) is 0 Å². The van der Waals surface area contributed by atoms with Crippen LogP contribution in [0.2, 0.25) is 0 Å². The first-order chi connectivity index (χ1) is 9.97. The van der Waals surface area contributed by atoms with E-state index in [2.05, 4.69) is 21.8 Å². The Morgan fingerprint density at radius 3 is 2.57 bits per heavy atom. The van der Waals surface area contributed by atoms with Gasteiger partial charge in [-0.25, -0.2) is 13.1 Å². The van der Waals surface area contributed by atoms with Gasteiger partial charge in [-0.05, 0) is 38.5 Å². The molecular formula is C14H26N4O2S. The summed E-state index contributed by atoms with van der Waals surface area (Å²) in [6.07, 6.45) is 6.47. The number of aryl methyl sites for hydroxylation is 1. The smallest absolute Gasteiger partial charge is 0.260 e. The lowest BCUT2D eigenvalue weighted by Gasteiger charge is -2.28. The van der Waals surface area contributed by atoms with Crippen molar-refractivity contribution in [1.82, 2.24) is 14.9 Å².